The van der Waals surface area contributed by atoms with Gasteiger partial charge in [0.05, 0.1) is 11.5 Å². The van der Waals surface area contributed by atoms with E-state index in [-0.39, 0.29) is 23.3 Å². The molecule has 1 atom stereocenters. The SMILES string of the molecule is O=C(CCC1CCCC1)NCC1CCS(=O)(=O)C1. The Morgan fingerprint density at radius 2 is 1.83 bits per heavy atom. The number of nitrogens with one attached hydrogen (secondary N) is 1. The second kappa shape index (κ2) is 6.04. The van der Waals surface area contributed by atoms with Gasteiger partial charge in [-0.2, -0.15) is 0 Å². The average molecular weight is 273 g/mol. The number of carbonyl (C=O) groups excluding carboxylic acids is 1. The zero-order valence-corrected chi connectivity index (χ0v) is 11.7. The van der Waals surface area contributed by atoms with Gasteiger partial charge in [-0.05, 0) is 24.7 Å². The molecule has 5 heteroatoms. The van der Waals surface area contributed by atoms with Crippen LogP contribution in [-0.2, 0) is 14.6 Å². The van der Waals surface area contributed by atoms with E-state index in [2.05, 4.69) is 5.32 Å². The lowest BCUT2D eigenvalue weighted by molar-refractivity contribution is -0.121. The molecule has 2 rings (SSSR count). The molecule has 1 aliphatic carbocycles. The van der Waals surface area contributed by atoms with E-state index >= 15 is 0 Å². The highest BCUT2D eigenvalue weighted by Crippen LogP contribution is 2.28. The summed E-state index contributed by atoms with van der Waals surface area (Å²) in [6, 6.07) is 0. The van der Waals surface area contributed by atoms with Crippen molar-refractivity contribution >= 4 is 15.7 Å². The van der Waals surface area contributed by atoms with Gasteiger partial charge in [0, 0.05) is 13.0 Å². The maximum absolute atomic E-state index is 11.7. The first kappa shape index (κ1) is 13.8. The first-order chi connectivity index (χ1) is 8.55. The summed E-state index contributed by atoms with van der Waals surface area (Å²) in [5, 5.41) is 2.88. The lowest BCUT2D eigenvalue weighted by Crippen LogP contribution is -2.29. The van der Waals surface area contributed by atoms with Gasteiger partial charge in [0.25, 0.3) is 0 Å². The first-order valence-electron chi connectivity index (χ1n) is 7.02. The van der Waals surface area contributed by atoms with E-state index in [1.807, 2.05) is 0 Å². The highest BCUT2D eigenvalue weighted by Gasteiger charge is 2.27. The molecule has 2 fully saturated rings. The third-order valence-corrected chi connectivity index (χ3v) is 6.01. The molecule has 1 N–H and O–H groups in total. The Labute approximate surface area is 109 Å². The van der Waals surface area contributed by atoms with Gasteiger partial charge in [0.2, 0.25) is 5.91 Å². The smallest absolute Gasteiger partial charge is 0.220 e. The van der Waals surface area contributed by atoms with E-state index in [9.17, 15) is 13.2 Å². The van der Waals surface area contributed by atoms with Crippen molar-refractivity contribution in [3.8, 4) is 0 Å². The fourth-order valence-electron chi connectivity index (χ4n) is 3.01. The Morgan fingerprint density at radius 1 is 1.11 bits per heavy atom. The van der Waals surface area contributed by atoms with Crippen LogP contribution in [0.1, 0.15) is 44.9 Å². The molecule has 1 amide bonds. The van der Waals surface area contributed by atoms with Crippen LogP contribution < -0.4 is 5.32 Å². The van der Waals surface area contributed by atoms with E-state index < -0.39 is 9.84 Å². The number of sulfone groups is 1. The minimum absolute atomic E-state index is 0.0891. The number of hydrogen-bond acceptors (Lipinski definition) is 3. The molecule has 0 aromatic carbocycles. The minimum atomic E-state index is -2.82. The fourth-order valence-corrected chi connectivity index (χ4v) is 4.88. The van der Waals surface area contributed by atoms with Crippen LogP contribution in [0.3, 0.4) is 0 Å². The zero-order chi connectivity index (χ0) is 13.0. The standard InChI is InChI=1S/C13H23NO3S/c15-13(6-5-11-3-1-2-4-11)14-9-12-7-8-18(16,17)10-12/h11-12H,1-10H2,(H,14,15). The van der Waals surface area contributed by atoms with Crippen molar-refractivity contribution in [2.45, 2.75) is 44.9 Å². The summed E-state index contributed by atoms with van der Waals surface area (Å²) < 4.78 is 22.5. The molecule has 1 aliphatic heterocycles. The van der Waals surface area contributed by atoms with Crippen LogP contribution in [0.15, 0.2) is 0 Å². The van der Waals surface area contributed by atoms with Crippen molar-refractivity contribution in [2.24, 2.45) is 11.8 Å². The summed E-state index contributed by atoms with van der Waals surface area (Å²) in [6.07, 6.45) is 7.46. The molecule has 0 aromatic rings. The van der Waals surface area contributed by atoms with E-state index in [0.717, 1.165) is 12.3 Å². The third-order valence-electron chi connectivity index (χ3n) is 4.17. The van der Waals surface area contributed by atoms with E-state index in [0.29, 0.717) is 19.4 Å². The molecule has 1 saturated heterocycles. The van der Waals surface area contributed by atoms with Crippen LogP contribution >= 0.6 is 0 Å². The summed E-state index contributed by atoms with van der Waals surface area (Å²) in [5.74, 6) is 1.49. The molecule has 0 radical (unpaired) electrons. The molecule has 104 valence electrons. The lowest BCUT2D eigenvalue weighted by atomic mass is 10.0. The molecule has 0 spiro atoms. The summed E-state index contributed by atoms with van der Waals surface area (Å²) in [5.41, 5.74) is 0. The van der Waals surface area contributed by atoms with Gasteiger partial charge in [-0.3, -0.25) is 4.79 Å². The van der Waals surface area contributed by atoms with Gasteiger partial charge in [0.1, 0.15) is 0 Å². The normalized spacial score (nSPS) is 27.4. The Bertz CT molecular complexity index is 385. The largest absolute Gasteiger partial charge is 0.356 e. The monoisotopic (exact) mass is 273 g/mol. The quantitative estimate of drug-likeness (QED) is 0.826. The predicted octanol–water partition coefficient (Wildman–Crippen LogP) is 1.51. The number of hydrogen-bond donors (Lipinski definition) is 1. The highest BCUT2D eigenvalue weighted by molar-refractivity contribution is 7.91. The van der Waals surface area contributed by atoms with Gasteiger partial charge in [-0.1, -0.05) is 25.7 Å². The molecule has 18 heavy (non-hydrogen) atoms. The molecular formula is C13H23NO3S. The number of amides is 1. The van der Waals surface area contributed by atoms with Crippen LogP contribution in [0.5, 0.6) is 0 Å². The second-order valence-electron chi connectivity index (χ2n) is 5.76. The van der Waals surface area contributed by atoms with Crippen LogP contribution in [0, 0.1) is 11.8 Å². The summed E-state index contributed by atoms with van der Waals surface area (Å²) in [6.45, 7) is 0.530. The topological polar surface area (TPSA) is 63.2 Å². The first-order valence-corrected chi connectivity index (χ1v) is 8.84. The van der Waals surface area contributed by atoms with Gasteiger partial charge in [-0.25, -0.2) is 8.42 Å². The van der Waals surface area contributed by atoms with Crippen molar-refractivity contribution in [1.82, 2.24) is 5.32 Å². The maximum atomic E-state index is 11.7. The fraction of sp³-hybridized carbons (Fsp3) is 0.923. The Kier molecular flexibility index (Phi) is 4.65. The van der Waals surface area contributed by atoms with E-state index in [1.165, 1.54) is 25.7 Å². The molecule has 1 heterocycles. The van der Waals surface area contributed by atoms with Gasteiger partial charge < -0.3 is 5.32 Å². The molecule has 4 nitrogen and oxygen atoms in total. The van der Waals surface area contributed by atoms with Crippen molar-refractivity contribution < 1.29 is 13.2 Å². The minimum Gasteiger partial charge on any atom is -0.356 e. The average Bonchev–Trinajstić information content (AvgIpc) is 2.93. The lowest BCUT2D eigenvalue weighted by Gasteiger charge is -2.11. The van der Waals surface area contributed by atoms with Gasteiger partial charge >= 0.3 is 0 Å². The Hall–Kier alpha value is -0.580. The van der Waals surface area contributed by atoms with Crippen LogP contribution in [0.4, 0.5) is 0 Å². The molecule has 0 aromatic heterocycles. The van der Waals surface area contributed by atoms with Gasteiger partial charge in [0.15, 0.2) is 9.84 Å². The highest BCUT2D eigenvalue weighted by atomic mass is 32.2. The van der Waals surface area contributed by atoms with Crippen molar-refractivity contribution in [3.05, 3.63) is 0 Å². The number of rotatable bonds is 5. The van der Waals surface area contributed by atoms with E-state index in [1.54, 1.807) is 0 Å². The zero-order valence-electron chi connectivity index (χ0n) is 10.9. The van der Waals surface area contributed by atoms with Crippen LogP contribution in [0.25, 0.3) is 0 Å². The van der Waals surface area contributed by atoms with Crippen LogP contribution in [-0.4, -0.2) is 32.4 Å². The molecular weight excluding hydrogens is 250 g/mol. The molecule has 2 aliphatic rings. The van der Waals surface area contributed by atoms with Gasteiger partial charge in [-0.15, -0.1) is 0 Å². The van der Waals surface area contributed by atoms with E-state index in [4.69, 9.17) is 0 Å². The maximum Gasteiger partial charge on any atom is 0.220 e. The Balaban J connectivity index is 1.60. The summed E-state index contributed by atoms with van der Waals surface area (Å²) in [4.78, 5) is 11.7. The molecule has 0 bridgehead atoms. The predicted molar refractivity (Wildman–Crippen MR) is 71.0 cm³/mol. The number of carbonyl (C=O) groups is 1. The molecule has 1 saturated carbocycles. The van der Waals surface area contributed by atoms with Crippen molar-refractivity contribution in [3.63, 3.8) is 0 Å². The van der Waals surface area contributed by atoms with Crippen LogP contribution in [0.2, 0.25) is 0 Å². The summed E-state index contributed by atoms with van der Waals surface area (Å²) in [7, 11) is -2.82. The Morgan fingerprint density at radius 3 is 2.44 bits per heavy atom. The third kappa shape index (κ3) is 4.26. The van der Waals surface area contributed by atoms with Crippen molar-refractivity contribution in [2.75, 3.05) is 18.1 Å². The summed E-state index contributed by atoms with van der Waals surface area (Å²) >= 11 is 0. The van der Waals surface area contributed by atoms with Crippen molar-refractivity contribution in [1.29, 1.82) is 0 Å². The second-order valence-corrected chi connectivity index (χ2v) is 7.99. The molecule has 1 unspecified atom stereocenters.